The molecule has 3 aromatic rings. The molecule has 0 amide bonds. The van der Waals surface area contributed by atoms with Crippen LogP contribution in [0.1, 0.15) is 11.1 Å². The molecule has 2 aromatic heterocycles. The Morgan fingerprint density at radius 3 is 2.42 bits per heavy atom. The van der Waals surface area contributed by atoms with Crippen LogP contribution in [-0.2, 0) is 13.2 Å². The van der Waals surface area contributed by atoms with Crippen LogP contribution >= 0.6 is 0 Å². The molecule has 24 heavy (non-hydrogen) atoms. The van der Waals surface area contributed by atoms with Gasteiger partial charge in [-0.15, -0.1) is 0 Å². The van der Waals surface area contributed by atoms with Crippen LogP contribution in [-0.4, -0.2) is 29.8 Å². The van der Waals surface area contributed by atoms with E-state index < -0.39 is 8.07 Å². The lowest BCUT2D eigenvalue weighted by atomic mass is 10.2. The van der Waals surface area contributed by atoms with Crippen molar-refractivity contribution in [3.05, 3.63) is 53.7 Å². The van der Waals surface area contributed by atoms with Gasteiger partial charge >= 0.3 is 0 Å². The van der Waals surface area contributed by atoms with Gasteiger partial charge in [0.05, 0.1) is 21.8 Å². The molecule has 126 valence electrons. The number of fused-ring (bicyclic) bond motifs is 1. The number of nitrogens with zero attached hydrogens (tertiary/aromatic N) is 2. The van der Waals surface area contributed by atoms with E-state index in [0.717, 1.165) is 28.9 Å². The van der Waals surface area contributed by atoms with E-state index in [1.807, 2.05) is 24.4 Å². The van der Waals surface area contributed by atoms with Crippen LogP contribution in [0.3, 0.4) is 0 Å². The Bertz CT molecular complexity index is 848. The van der Waals surface area contributed by atoms with Gasteiger partial charge in [-0.25, -0.2) is 4.98 Å². The summed E-state index contributed by atoms with van der Waals surface area (Å²) in [5, 5.41) is 12.3. The molecule has 0 aliphatic carbocycles. The summed E-state index contributed by atoms with van der Waals surface area (Å²) in [6.07, 6.45) is 1.82. The van der Waals surface area contributed by atoms with Crippen molar-refractivity contribution in [3.63, 3.8) is 0 Å². The summed E-state index contributed by atoms with van der Waals surface area (Å²) in [5.74, 6) is 0.857. The quantitative estimate of drug-likeness (QED) is 0.726. The largest absolute Gasteiger partial charge is 0.497 e. The van der Waals surface area contributed by atoms with E-state index in [9.17, 15) is 5.11 Å². The standard InChI is InChI=1S/C19H24N2O2Si/c1-23-15-9-7-14(8-10-15)12-21-18-16(6-5-11-20-18)17(13-22)19(21)24(2,3)4/h5-11,22H,12-13H2,1-4H3. The maximum absolute atomic E-state index is 9.99. The minimum absolute atomic E-state index is 0.0530. The molecule has 0 aliphatic heterocycles. The zero-order chi connectivity index (χ0) is 17.3. The second-order valence-electron chi connectivity index (χ2n) is 7.04. The third-order valence-corrected chi connectivity index (χ3v) is 6.28. The van der Waals surface area contributed by atoms with Gasteiger partial charge in [0, 0.05) is 29.0 Å². The zero-order valence-corrected chi connectivity index (χ0v) is 15.7. The fourth-order valence-electron chi connectivity index (χ4n) is 3.33. The van der Waals surface area contributed by atoms with Gasteiger partial charge in [0.25, 0.3) is 0 Å². The Morgan fingerprint density at radius 1 is 1.12 bits per heavy atom. The lowest BCUT2D eigenvalue weighted by molar-refractivity contribution is 0.284. The van der Waals surface area contributed by atoms with E-state index >= 15 is 0 Å². The van der Waals surface area contributed by atoms with Gasteiger partial charge in [0.15, 0.2) is 0 Å². The topological polar surface area (TPSA) is 47.3 Å². The first kappa shape index (κ1) is 16.7. The Balaban J connectivity index is 2.17. The van der Waals surface area contributed by atoms with Gasteiger partial charge in [-0.2, -0.15) is 0 Å². The van der Waals surface area contributed by atoms with Crippen molar-refractivity contribution in [2.24, 2.45) is 0 Å². The first-order valence-electron chi connectivity index (χ1n) is 8.16. The summed E-state index contributed by atoms with van der Waals surface area (Å²) in [6, 6.07) is 12.1. The van der Waals surface area contributed by atoms with E-state index in [1.165, 1.54) is 10.9 Å². The number of hydrogen-bond donors (Lipinski definition) is 1. The van der Waals surface area contributed by atoms with Gasteiger partial charge in [-0.3, -0.25) is 0 Å². The number of aromatic nitrogens is 2. The van der Waals surface area contributed by atoms with Gasteiger partial charge in [0.1, 0.15) is 11.4 Å². The molecular weight excluding hydrogens is 316 g/mol. The average molecular weight is 340 g/mol. The van der Waals surface area contributed by atoms with Crippen molar-refractivity contribution >= 4 is 24.4 Å². The third kappa shape index (κ3) is 2.97. The molecule has 0 saturated carbocycles. The number of aliphatic hydroxyl groups excluding tert-OH is 1. The number of pyridine rings is 1. The number of benzene rings is 1. The molecule has 0 bridgehead atoms. The van der Waals surface area contributed by atoms with E-state index in [0.29, 0.717) is 0 Å². The Labute approximate surface area is 143 Å². The van der Waals surface area contributed by atoms with E-state index in [1.54, 1.807) is 7.11 Å². The minimum atomic E-state index is -1.66. The van der Waals surface area contributed by atoms with E-state index in [2.05, 4.69) is 47.4 Å². The van der Waals surface area contributed by atoms with Crippen molar-refractivity contribution in [2.45, 2.75) is 32.8 Å². The van der Waals surface area contributed by atoms with E-state index in [-0.39, 0.29) is 6.61 Å². The highest BCUT2D eigenvalue weighted by Gasteiger charge is 2.28. The summed E-state index contributed by atoms with van der Waals surface area (Å²) < 4.78 is 7.53. The molecule has 1 aromatic carbocycles. The molecule has 3 rings (SSSR count). The monoisotopic (exact) mass is 340 g/mol. The number of aliphatic hydroxyl groups is 1. The van der Waals surface area contributed by atoms with Crippen molar-refractivity contribution in [2.75, 3.05) is 7.11 Å². The maximum Gasteiger partial charge on any atom is 0.140 e. The summed E-state index contributed by atoms with van der Waals surface area (Å²) in [5.41, 5.74) is 3.18. The number of ether oxygens (including phenoxy) is 1. The van der Waals surface area contributed by atoms with Gasteiger partial charge in [0.2, 0.25) is 0 Å². The summed E-state index contributed by atoms with van der Waals surface area (Å²) in [4.78, 5) is 4.60. The predicted octanol–water partition coefficient (Wildman–Crippen LogP) is 3.13. The normalized spacial score (nSPS) is 11.9. The van der Waals surface area contributed by atoms with Crippen molar-refractivity contribution in [1.29, 1.82) is 0 Å². The second-order valence-corrected chi connectivity index (χ2v) is 12.0. The van der Waals surface area contributed by atoms with Crippen LogP contribution in [0.25, 0.3) is 11.0 Å². The molecular formula is C19H24N2O2Si. The maximum atomic E-state index is 9.99. The SMILES string of the molecule is COc1ccc(Cn2c([Si](C)(C)C)c(CO)c3cccnc32)cc1. The van der Waals surface area contributed by atoms with Crippen LogP contribution in [0.2, 0.25) is 19.6 Å². The average Bonchev–Trinajstić information content (AvgIpc) is 2.89. The van der Waals surface area contributed by atoms with E-state index in [4.69, 9.17) is 4.74 Å². The Hall–Kier alpha value is -2.11. The van der Waals surface area contributed by atoms with Gasteiger partial charge < -0.3 is 14.4 Å². The van der Waals surface area contributed by atoms with Crippen molar-refractivity contribution < 1.29 is 9.84 Å². The molecule has 0 radical (unpaired) electrons. The fraction of sp³-hybridized carbons (Fsp3) is 0.316. The predicted molar refractivity (Wildman–Crippen MR) is 101 cm³/mol. The summed E-state index contributed by atoms with van der Waals surface area (Å²) in [6.45, 7) is 7.73. The van der Waals surface area contributed by atoms with Crippen LogP contribution in [0.15, 0.2) is 42.6 Å². The number of hydrogen-bond acceptors (Lipinski definition) is 3. The van der Waals surface area contributed by atoms with Crippen molar-refractivity contribution in [3.8, 4) is 5.75 Å². The second kappa shape index (κ2) is 6.41. The molecule has 0 unspecified atom stereocenters. The molecule has 0 aliphatic rings. The molecule has 0 saturated heterocycles. The minimum Gasteiger partial charge on any atom is -0.497 e. The smallest absolute Gasteiger partial charge is 0.140 e. The molecule has 4 nitrogen and oxygen atoms in total. The van der Waals surface area contributed by atoms with Crippen molar-refractivity contribution in [1.82, 2.24) is 9.55 Å². The van der Waals surface area contributed by atoms with Gasteiger partial charge in [-0.1, -0.05) is 31.8 Å². The van der Waals surface area contributed by atoms with Gasteiger partial charge in [-0.05, 0) is 29.8 Å². The molecule has 0 fully saturated rings. The van der Waals surface area contributed by atoms with Crippen LogP contribution in [0.5, 0.6) is 5.75 Å². The summed E-state index contributed by atoms with van der Waals surface area (Å²) >= 11 is 0. The Kier molecular flexibility index (Phi) is 4.47. The molecule has 0 spiro atoms. The molecule has 1 N–H and O–H groups in total. The highest BCUT2D eigenvalue weighted by atomic mass is 28.3. The van der Waals surface area contributed by atoms with Crippen LogP contribution < -0.4 is 10.1 Å². The summed E-state index contributed by atoms with van der Waals surface area (Å²) in [7, 11) is 0.0159. The highest BCUT2D eigenvalue weighted by molar-refractivity contribution is 6.88. The Morgan fingerprint density at radius 2 is 1.83 bits per heavy atom. The molecule has 2 heterocycles. The lowest BCUT2D eigenvalue weighted by Gasteiger charge is -2.22. The van der Waals surface area contributed by atoms with Crippen LogP contribution in [0, 0.1) is 0 Å². The lowest BCUT2D eigenvalue weighted by Crippen LogP contribution is -2.45. The highest BCUT2D eigenvalue weighted by Crippen LogP contribution is 2.23. The third-order valence-electron chi connectivity index (χ3n) is 4.29. The van der Waals surface area contributed by atoms with Crippen LogP contribution in [0.4, 0.5) is 0 Å². The first-order valence-corrected chi connectivity index (χ1v) is 11.7. The number of methoxy groups -OCH3 is 1. The molecule has 0 atom stereocenters. The number of rotatable bonds is 5. The fourth-order valence-corrected chi connectivity index (χ4v) is 5.44. The zero-order valence-electron chi connectivity index (χ0n) is 14.7. The molecule has 5 heteroatoms. The first-order chi connectivity index (χ1) is 11.5.